The second kappa shape index (κ2) is 6.72. The van der Waals surface area contributed by atoms with Crippen LogP contribution < -0.4 is 5.32 Å². The Bertz CT molecular complexity index is 553. The molecule has 2 aromatic heterocycles. The summed E-state index contributed by atoms with van der Waals surface area (Å²) in [7, 11) is 0. The summed E-state index contributed by atoms with van der Waals surface area (Å²) < 4.78 is 2.24. The number of nitrogens with one attached hydrogen (secondary N) is 1. The van der Waals surface area contributed by atoms with E-state index >= 15 is 0 Å². The zero-order chi connectivity index (χ0) is 14.7. The Morgan fingerprint density at radius 2 is 2.00 bits per heavy atom. The third kappa shape index (κ3) is 3.83. The Balaban J connectivity index is 1.90. The van der Waals surface area contributed by atoms with Gasteiger partial charge in [0.05, 0.1) is 11.4 Å². The van der Waals surface area contributed by atoms with Crippen LogP contribution in [0.3, 0.4) is 0 Å². The normalized spacial score (nSPS) is 13.5. The minimum Gasteiger partial charge on any atom is -0.309 e. The number of rotatable bonds is 7. The van der Waals surface area contributed by atoms with Gasteiger partial charge in [0.2, 0.25) is 0 Å². The fourth-order valence-corrected chi connectivity index (χ4v) is 3.42. The number of thiazole rings is 1. The Hall–Kier alpha value is -0.870. The van der Waals surface area contributed by atoms with E-state index in [1.54, 1.807) is 11.3 Å². The highest BCUT2D eigenvalue weighted by Crippen LogP contribution is 2.20. The van der Waals surface area contributed by atoms with Crippen LogP contribution in [-0.2, 0) is 6.54 Å². The molecule has 1 unspecified atom stereocenters. The quantitative estimate of drug-likeness (QED) is 0.824. The molecular weight excluding hydrogens is 266 g/mol. The Kier molecular flexibility index (Phi) is 5.22. The molecular formula is C16H27N3S. The monoisotopic (exact) mass is 293 g/mol. The van der Waals surface area contributed by atoms with Crippen LogP contribution in [0.4, 0.5) is 0 Å². The molecule has 0 saturated carbocycles. The molecule has 2 rings (SSSR count). The summed E-state index contributed by atoms with van der Waals surface area (Å²) in [6, 6.07) is 0.568. The molecule has 4 heteroatoms. The van der Waals surface area contributed by atoms with E-state index in [0.29, 0.717) is 6.04 Å². The summed E-state index contributed by atoms with van der Waals surface area (Å²) in [5.74, 6) is 0.813. The number of aryl methyl sites for hydroxylation is 2. The summed E-state index contributed by atoms with van der Waals surface area (Å²) >= 11 is 1.76. The second-order valence-corrected chi connectivity index (χ2v) is 7.46. The van der Waals surface area contributed by atoms with Crippen molar-refractivity contribution in [2.45, 2.75) is 66.5 Å². The van der Waals surface area contributed by atoms with Crippen LogP contribution in [0.2, 0.25) is 0 Å². The number of aromatic nitrogens is 2. The summed E-state index contributed by atoms with van der Waals surface area (Å²) in [4.78, 5) is 7.07. The fraction of sp³-hybridized carbons (Fsp3) is 0.688. The molecule has 2 heterocycles. The van der Waals surface area contributed by atoms with Gasteiger partial charge in [-0.05, 0) is 33.1 Å². The van der Waals surface area contributed by atoms with Crippen molar-refractivity contribution in [3.63, 3.8) is 0 Å². The molecule has 1 N–H and O–H groups in total. The van der Waals surface area contributed by atoms with Gasteiger partial charge in [-0.3, -0.25) is 4.40 Å². The summed E-state index contributed by atoms with van der Waals surface area (Å²) in [6.45, 7) is 12.0. The standard InChI is InChI=1S/C16H27N3S/c1-11(2)7-6-8-12(3)17-9-15-14(5)18-16-19(15)10-13(4)20-16/h10-12,17H,6-9H2,1-5H3. The van der Waals surface area contributed by atoms with Gasteiger partial charge in [-0.15, -0.1) is 11.3 Å². The first kappa shape index (κ1) is 15.5. The van der Waals surface area contributed by atoms with Crippen LogP contribution in [0.15, 0.2) is 6.20 Å². The maximum absolute atomic E-state index is 4.64. The second-order valence-electron chi connectivity index (χ2n) is 6.24. The lowest BCUT2D eigenvalue weighted by atomic mass is 10.0. The van der Waals surface area contributed by atoms with Crippen molar-refractivity contribution in [2.75, 3.05) is 0 Å². The van der Waals surface area contributed by atoms with Crippen molar-refractivity contribution >= 4 is 16.3 Å². The van der Waals surface area contributed by atoms with Gasteiger partial charge in [-0.25, -0.2) is 4.98 Å². The topological polar surface area (TPSA) is 29.3 Å². The van der Waals surface area contributed by atoms with Crippen molar-refractivity contribution in [1.29, 1.82) is 0 Å². The van der Waals surface area contributed by atoms with E-state index in [1.807, 2.05) is 0 Å². The molecule has 3 nitrogen and oxygen atoms in total. The number of nitrogens with zero attached hydrogens (tertiary/aromatic N) is 2. The van der Waals surface area contributed by atoms with E-state index in [0.717, 1.165) is 23.1 Å². The van der Waals surface area contributed by atoms with E-state index in [1.165, 1.54) is 29.8 Å². The number of hydrogen-bond donors (Lipinski definition) is 1. The SMILES string of the molecule is Cc1cn2c(CNC(C)CCCC(C)C)c(C)nc2s1. The van der Waals surface area contributed by atoms with E-state index in [2.05, 4.69) is 55.5 Å². The molecule has 0 aromatic carbocycles. The highest BCUT2D eigenvalue weighted by Gasteiger charge is 2.12. The molecule has 1 atom stereocenters. The summed E-state index contributed by atoms with van der Waals surface area (Å²) in [5, 5.41) is 3.64. The Labute approximate surface area is 126 Å². The molecule has 2 aromatic rings. The maximum Gasteiger partial charge on any atom is 0.194 e. The van der Waals surface area contributed by atoms with Crippen molar-refractivity contribution in [3.8, 4) is 0 Å². The molecule has 0 bridgehead atoms. The predicted molar refractivity (Wildman–Crippen MR) is 87.5 cm³/mol. The largest absolute Gasteiger partial charge is 0.309 e. The van der Waals surface area contributed by atoms with Crippen LogP contribution in [0.25, 0.3) is 4.96 Å². The minimum absolute atomic E-state index is 0.568. The van der Waals surface area contributed by atoms with Gasteiger partial charge in [0.1, 0.15) is 0 Å². The highest BCUT2D eigenvalue weighted by molar-refractivity contribution is 7.17. The Morgan fingerprint density at radius 1 is 1.25 bits per heavy atom. The van der Waals surface area contributed by atoms with Crippen LogP contribution in [0.5, 0.6) is 0 Å². The molecule has 112 valence electrons. The smallest absolute Gasteiger partial charge is 0.194 e. The number of fused-ring (bicyclic) bond motifs is 1. The molecule has 20 heavy (non-hydrogen) atoms. The molecule has 0 aliphatic carbocycles. The third-order valence-electron chi connectivity index (χ3n) is 3.78. The Morgan fingerprint density at radius 3 is 2.70 bits per heavy atom. The van der Waals surface area contributed by atoms with Gasteiger partial charge in [-0.2, -0.15) is 0 Å². The van der Waals surface area contributed by atoms with Gasteiger partial charge in [0, 0.05) is 23.7 Å². The number of hydrogen-bond acceptors (Lipinski definition) is 3. The van der Waals surface area contributed by atoms with Crippen molar-refractivity contribution in [3.05, 3.63) is 22.5 Å². The molecule has 0 aliphatic rings. The fourth-order valence-electron chi connectivity index (χ4n) is 2.53. The first-order valence-electron chi connectivity index (χ1n) is 7.64. The molecule has 0 spiro atoms. The maximum atomic E-state index is 4.64. The minimum atomic E-state index is 0.568. The molecule has 0 amide bonds. The zero-order valence-electron chi connectivity index (χ0n) is 13.4. The van der Waals surface area contributed by atoms with Crippen LogP contribution >= 0.6 is 11.3 Å². The average molecular weight is 293 g/mol. The summed E-state index contributed by atoms with van der Waals surface area (Å²) in [5.41, 5.74) is 2.46. The molecule has 0 aliphatic heterocycles. The van der Waals surface area contributed by atoms with E-state index in [9.17, 15) is 0 Å². The molecule has 0 saturated heterocycles. The van der Waals surface area contributed by atoms with E-state index in [-0.39, 0.29) is 0 Å². The van der Waals surface area contributed by atoms with Crippen LogP contribution in [0, 0.1) is 19.8 Å². The molecule has 0 fully saturated rings. The van der Waals surface area contributed by atoms with Gasteiger partial charge < -0.3 is 5.32 Å². The van der Waals surface area contributed by atoms with Gasteiger partial charge in [0.25, 0.3) is 0 Å². The molecule has 0 radical (unpaired) electrons. The van der Waals surface area contributed by atoms with Gasteiger partial charge in [-0.1, -0.05) is 26.7 Å². The lowest BCUT2D eigenvalue weighted by Gasteiger charge is -2.14. The number of imidazole rings is 1. The van der Waals surface area contributed by atoms with Crippen LogP contribution in [-0.4, -0.2) is 15.4 Å². The van der Waals surface area contributed by atoms with Crippen molar-refractivity contribution in [1.82, 2.24) is 14.7 Å². The summed E-state index contributed by atoms with van der Waals surface area (Å²) in [6.07, 6.45) is 6.08. The van der Waals surface area contributed by atoms with Crippen molar-refractivity contribution < 1.29 is 0 Å². The van der Waals surface area contributed by atoms with Crippen molar-refractivity contribution in [2.24, 2.45) is 5.92 Å². The average Bonchev–Trinajstić information content (AvgIpc) is 2.81. The lowest BCUT2D eigenvalue weighted by Crippen LogP contribution is -2.26. The first-order valence-corrected chi connectivity index (χ1v) is 8.46. The van der Waals surface area contributed by atoms with Gasteiger partial charge >= 0.3 is 0 Å². The first-order chi connectivity index (χ1) is 9.47. The van der Waals surface area contributed by atoms with Gasteiger partial charge in [0.15, 0.2) is 4.96 Å². The lowest BCUT2D eigenvalue weighted by molar-refractivity contribution is 0.454. The highest BCUT2D eigenvalue weighted by atomic mass is 32.1. The van der Waals surface area contributed by atoms with E-state index in [4.69, 9.17) is 0 Å². The predicted octanol–water partition coefficient (Wildman–Crippen LogP) is 4.32. The van der Waals surface area contributed by atoms with Crippen LogP contribution in [0.1, 0.15) is 56.3 Å². The zero-order valence-corrected chi connectivity index (χ0v) is 14.2. The third-order valence-corrected chi connectivity index (χ3v) is 4.68. The van der Waals surface area contributed by atoms with E-state index < -0.39 is 0 Å².